The molecule has 0 aliphatic heterocycles. The number of amides is 1. The van der Waals surface area contributed by atoms with Crippen molar-refractivity contribution in [2.24, 2.45) is 0 Å². The highest BCUT2D eigenvalue weighted by molar-refractivity contribution is 6.14. The van der Waals surface area contributed by atoms with Crippen molar-refractivity contribution in [1.82, 2.24) is 4.98 Å². The molecule has 0 bridgehead atoms. The van der Waals surface area contributed by atoms with Gasteiger partial charge in [0.2, 0.25) is 0 Å². The molecule has 0 saturated carbocycles. The first-order valence-electron chi connectivity index (χ1n) is 11.3. The summed E-state index contributed by atoms with van der Waals surface area (Å²) in [5.74, 6) is 2.04. The standard InChI is InChI=1S/C30H24N2O3/c1-20-28(30(33)31-22-14-18-25(19-15-22)35-24-8-4-3-5-9-24)26-10-6-7-11-27(26)32-29(20)21-12-16-23(34-2)17-13-21/h3-19H,1-2H3,(H,31,33). The minimum Gasteiger partial charge on any atom is -0.497 e. The summed E-state index contributed by atoms with van der Waals surface area (Å²) in [7, 11) is 1.64. The maximum atomic E-state index is 13.5. The lowest BCUT2D eigenvalue weighted by molar-refractivity contribution is 0.102. The smallest absolute Gasteiger partial charge is 0.256 e. The predicted molar refractivity (Wildman–Crippen MR) is 139 cm³/mol. The number of hydrogen-bond acceptors (Lipinski definition) is 4. The number of anilines is 1. The molecule has 0 aliphatic rings. The molecular formula is C30H24N2O3. The monoisotopic (exact) mass is 460 g/mol. The van der Waals surface area contributed by atoms with Crippen molar-refractivity contribution in [2.75, 3.05) is 12.4 Å². The zero-order chi connectivity index (χ0) is 24.2. The molecule has 1 amide bonds. The van der Waals surface area contributed by atoms with E-state index in [4.69, 9.17) is 14.5 Å². The van der Waals surface area contributed by atoms with E-state index in [-0.39, 0.29) is 5.91 Å². The van der Waals surface area contributed by atoms with Crippen LogP contribution in [0.2, 0.25) is 0 Å². The van der Waals surface area contributed by atoms with Gasteiger partial charge in [-0.25, -0.2) is 4.98 Å². The van der Waals surface area contributed by atoms with Crippen LogP contribution >= 0.6 is 0 Å². The van der Waals surface area contributed by atoms with Crippen LogP contribution in [0.15, 0.2) is 103 Å². The number of carbonyl (C=O) groups is 1. The highest BCUT2D eigenvalue weighted by Gasteiger charge is 2.19. The zero-order valence-corrected chi connectivity index (χ0v) is 19.5. The number of methoxy groups -OCH3 is 1. The Hall–Kier alpha value is -4.64. The van der Waals surface area contributed by atoms with Gasteiger partial charge in [0, 0.05) is 16.6 Å². The van der Waals surface area contributed by atoms with E-state index in [2.05, 4.69) is 5.32 Å². The number of para-hydroxylation sites is 2. The van der Waals surface area contributed by atoms with E-state index in [1.165, 1.54) is 0 Å². The molecule has 35 heavy (non-hydrogen) atoms. The summed E-state index contributed by atoms with van der Waals surface area (Å²) < 4.78 is 11.1. The fourth-order valence-corrected chi connectivity index (χ4v) is 4.05. The van der Waals surface area contributed by atoms with E-state index in [1.807, 2.05) is 110 Å². The maximum Gasteiger partial charge on any atom is 0.256 e. The molecule has 1 heterocycles. The lowest BCUT2D eigenvalue weighted by Crippen LogP contribution is -2.15. The average molecular weight is 461 g/mol. The Balaban J connectivity index is 1.46. The van der Waals surface area contributed by atoms with E-state index in [9.17, 15) is 4.79 Å². The van der Waals surface area contributed by atoms with Gasteiger partial charge in [0.05, 0.1) is 23.9 Å². The fraction of sp³-hybridized carbons (Fsp3) is 0.0667. The van der Waals surface area contributed by atoms with Gasteiger partial charge in [0.1, 0.15) is 17.2 Å². The molecule has 5 aromatic rings. The average Bonchev–Trinajstić information content (AvgIpc) is 2.90. The van der Waals surface area contributed by atoms with Gasteiger partial charge in [-0.2, -0.15) is 0 Å². The van der Waals surface area contributed by atoms with Gasteiger partial charge in [-0.1, -0.05) is 36.4 Å². The van der Waals surface area contributed by atoms with Crippen molar-refractivity contribution in [3.63, 3.8) is 0 Å². The molecule has 0 atom stereocenters. The van der Waals surface area contributed by atoms with Crippen LogP contribution in [0.5, 0.6) is 17.2 Å². The Morgan fingerprint density at radius 2 is 1.37 bits per heavy atom. The first-order chi connectivity index (χ1) is 17.1. The van der Waals surface area contributed by atoms with Crippen molar-refractivity contribution in [3.8, 4) is 28.5 Å². The van der Waals surface area contributed by atoms with E-state index in [0.29, 0.717) is 17.0 Å². The number of ether oxygens (including phenoxy) is 2. The minimum absolute atomic E-state index is 0.187. The molecule has 0 aliphatic carbocycles. The van der Waals surface area contributed by atoms with Gasteiger partial charge >= 0.3 is 0 Å². The summed E-state index contributed by atoms with van der Waals surface area (Å²) in [6.07, 6.45) is 0. The van der Waals surface area contributed by atoms with E-state index in [0.717, 1.165) is 39.2 Å². The molecule has 172 valence electrons. The second-order valence-corrected chi connectivity index (χ2v) is 8.10. The minimum atomic E-state index is -0.187. The number of hydrogen-bond donors (Lipinski definition) is 1. The Bertz CT molecular complexity index is 1480. The molecule has 0 fully saturated rings. The molecule has 0 radical (unpaired) electrons. The van der Waals surface area contributed by atoms with Crippen molar-refractivity contribution in [2.45, 2.75) is 6.92 Å². The number of benzene rings is 4. The summed E-state index contributed by atoms with van der Waals surface area (Å²) in [6, 6.07) is 32.3. The molecule has 0 saturated heterocycles. The van der Waals surface area contributed by atoms with Crippen LogP contribution in [0.25, 0.3) is 22.2 Å². The summed E-state index contributed by atoms with van der Waals surface area (Å²) in [5.41, 5.74) is 4.55. The normalized spacial score (nSPS) is 10.7. The lowest BCUT2D eigenvalue weighted by atomic mass is 9.97. The van der Waals surface area contributed by atoms with Crippen LogP contribution in [-0.2, 0) is 0 Å². The highest BCUT2D eigenvalue weighted by Crippen LogP contribution is 2.31. The first-order valence-corrected chi connectivity index (χ1v) is 11.3. The van der Waals surface area contributed by atoms with Crippen molar-refractivity contribution >= 4 is 22.5 Å². The predicted octanol–water partition coefficient (Wildman–Crippen LogP) is 7.26. The number of fused-ring (bicyclic) bond motifs is 1. The molecule has 5 rings (SSSR count). The third-order valence-electron chi connectivity index (χ3n) is 5.82. The zero-order valence-electron chi connectivity index (χ0n) is 19.5. The van der Waals surface area contributed by atoms with Gasteiger partial charge < -0.3 is 14.8 Å². The molecule has 1 aromatic heterocycles. The van der Waals surface area contributed by atoms with Crippen molar-refractivity contribution < 1.29 is 14.3 Å². The fourth-order valence-electron chi connectivity index (χ4n) is 4.05. The quantitative estimate of drug-likeness (QED) is 0.290. The maximum absolute atomic E-state index is 13.5. The van der Waals surface area contributed by atoms with Gasteiger partial charge in [0.15, 0.2) is 0 Å². The summed E-state index contributed by atoms with van der Waals surface area (Å²) >= 11 is 0. The number of rotatable bonds is 6. The van der Waals surface area contributed by atoms with E-state index < -0.39 is 0 Å². The SMILES string of the molecule is COc1ccc(-c2nc3ccccc3c(C(=O)Nc3ccc(Oc4ccccc4)cc3)c2C)cc1. The number of nitrogens with zero attached hydrogens (tertiary/aromatic N) is 1. The van der Waals surface area contributed by atoms with Gasteiger partial charge in [-0.15, -0.1) is 0 Å². The molecule has 4 aromatic carbocycles. The first kappa shape index (κ1) is 22.2. The molecule has 5 nitrogen and oxygen atoms in total. The van der Waals surface area contributed by atoms with Gasteiger partial charge in [-0.3, -0.25) is 4.79 Å². The Morgan fingerprint density at radius 3 is 2.09 bits per heavy atom. The van der Waals surface area contributed by atoms with Crippen LogP contribution in [0, 0.1) is 6.92 Å². The Kier molecular flexibility index (Phi) is 6.14. The molecule has 0 spiro atoms. The molecule has 1 N–H and O–H groups in total. The van der Waals surface area contributed by atoms with E-state index >= 15 is 0 Å². The summed E-state index contributed by atoms with van der Waals surface area (Å²) in [4.78, 5) is 18.4. The van der Waals surface area contributed by atoms with Crippen LogP contribution in [0.3, 0.4) is 0 Å². The number of aromatic nitrogens is 1. The van der Waals surface area contributed by atoms with Crippen molar-refractivity contribution in [3.05, 3.63) is 114 Å². The number of pyridine rings is 1. The van der Waals surface area contributed by atoms with E-state index in [1.54, 1.807) is 7.11 Å². The third-order valence-corrected chi connectivity index (χ3v) is 5.82. The van der Waals surface area contributed by atoms with Crippen LogP contribution < -0.4 is 14.8 Å². The van der Waals surface area contributed by atoms with Crippen LogP contribution in [0.1, 0.15) is 15.9 Å². The molecule has 5 heteroatoms. The van der Waals surface area contributed by atoms with Gasteiger partial charge in [0.25, 0.3) is 5.91 Å². The Labute approximate surface area is 204 Å². The number of carbonyl (C=O) groups excluding carboxylic acids is 1. The van der Waals surface area contributed by atoms with Gasteiger partial charge in [-0.05, 0) is 79.2 Å². The second kappa shape index (κ2) is 9.69. The Morgan fingerprint density at radius 1 is 0.743 bits per heavy atom. The molecular weight excluding hydrogens is 436 g/mol. The largest absolute Gasteiger partial charge is 0.497 e. The topological polar surface area (TPSA) is 60.5 Å². The second-order valence-electron chi connectivity index (χ2n) is 8.10. The summed E-state index contributed by atoms with van der Waals surface area (Å²) in [5, 5.41) is 3.85. The van der Waals surface area contributed by atoms with Crippen LogP contribution in [-0.4, -0.2) is 18.0 Å². The highest BCUT2D eigenvalue weighted by atomic mass is 16.5. The third kappa shape index (κ3) is 4.70. The number of nitrogens with one attached hydrogen (secondary N) is 1. The molecule has 0 unspecified atom stereocenters. The van der Waals surface area contributed by atoms with Crippen molar-refractivity contribution in [1.29, 1.82) is 0 Å². The van der Waals surface area contributed by atoms with Crippen LogP contribution in [0.4, 0.5) is 5.69 Å². The summed E-state index contributed by atoms with van der Waals surface area (Å²) in [6.45, 7) is 1.94. The lowest BCUT2D eigenvalue weighted by Gasteiger charge is -2.15.